The summed E-state index contributed by atoms with van der Waals surface area (Å²) in [6.07, 6.45) is -1.50. The number of ether oxygens (including phenoxy) is 2. The molecular formula is C25H26N6O6S. The summed E-state index contributed by atoms with van der Waals surface area (Å²) in [5.74, 6) is 1.68. The molecule has 2 atom stereocenters. The number of hydrogen-bond donors (Lipinski definition) is 2. The molecule has 12 nitrogen and oxygen atoms in total. The van der Waals surface area contributed by atoms with Crippen LogP contribution < -0.4 is 14.2 Å². The quantitative estimate of drug-likeness (QED) is 0.323. The summed E-state index contributed by atoms with van der Waals surface area (Å²) in [5.41, 5.74) is 1.15. The fourth-order valence-electron chi connectivity index (χ4n) is 3.82. The topological polar surface area (TPSA) is 165 Å². The summed E-state index contributed by atoms with van der Waals surface area (Å²) in [5, 5.41) is 26.9. The van der Waals surface area contributed by atoms with E-state index in [0.29, 0.717) is 40.0 Å². The number of benzene rings is 1. The molecule has 4 aromatic rings. The van der Waals surface area contributed by atoms with Crippen LogP contribution >= 0.6 is 0 Å². The number of pyridine rings is 1. The molecule has 38 heavy (non-hydrogen) atoms. The van der Waals surface area contributed by atoms with Crippen LogP contribution in [0.2, 0.25) is 0 Å². The molecular weight excluding hydrogens is 512 g/mol. The van der Waals surface area contributed by atoms with Gasteiger partial charge in [0, 0.05) is 0 Å². The molecule has 0 bridgehead atoms. The Kier molecular flexibility index (Phi) is 7.38. The first-order valence-corrected chi connectivity index (χ1v) is 13.0. The lowest BCUT2D eigenvalue weighted by atomic mass is 10.1. The minimum Gasteiger partial charge on any atom is -0.494 e. The number of methoxy groups -OCH3 is 2. The van der Waals surface area contributed by atoms with Gasteiger partial charge in [-0.15, -0.1) is 10.2 Å². The Morgan fingerprint density at radius 1 is 1.08 bits per heavy atom. The van der Waals surface area contributed by atoms with Crippen molar-refractivity contribution in [3.63, 3.8) is 0 Å². The number of nitriles is 1. The molecule has 4 rings (SSSR count). The second-order valence-electron chi connectivity index (χ2n) is 8.38. The number of furan rings is 1. The molecule has 3 heterocycles. The first-order chi connectivity index (χ1) is 18.1. The van der Waals surface area contributed by atoms with Crippen LogP contribution in [-0.4, -0.2) is 52.7 Å². The molecule has 0 unspecified atom stereocenters. The van der Waals surface area contributed by atoms with Crippen LogP contribution in [0, 0.1) is 25.2 Å². The number of nitrogens with zero attached hydrogens (tertiary/aromatic N) is 5. The molecule has 3 aromatic heterocycles. The van der Waals surface area contributed by atoms with Gasteiger partial charge in [0.25, 0.3) is 0 Å². The summed E-state index contributed by atoms with van der Waals surface area (Å²) in [7, 11) is -1.33. The van der Waals surface area contributed by atoms with Crippen LogP contribution in [0.4, 0.5) is 5.95 Å². The van der Waals surface area contributed by atoms with Crippen molar-refractivity contribution in [2.75, 3.05) is 18.9 Å². The predicted octanol–water partition coefficient (Wildman–Crippen LogP) is 3.29. The number of rotatable bonds is 9. The third-order valence-corrected chi connectivity index (χ3v) is 7.65. The zero-order valence-electron chi connectivity index (χ0n) is 21.3. The van der Waals surface area contributed by atoms with E-state index in [1.807, 2.05) is 6.07 Å². The fraction of sp³-hybridized carbons (Fsp3) is 0.280. The van der Waals surface area contributed by atoms with E-state index in [1.165, 1.54) is 37.8 Å². The van der Waals surface area contributed by atoms with Crippen molar-refractivity contribution in [1.82, 2.24) is 19.7 Å². The Morgan fingerprint density at radius 3 is 2.32 bits per heavy atom. The number of aliphatic hydroxyl groups is 1. The van der Waals surface area contributed by atoms with Crippen LogP contribution in [0.25, 0.3) is 17.3 Å². The van der Waals surface area contributed by atoms with E-state index in [9.17, 15) is 13.5 Å². The molecule has 0 saturated heterocycles. The van der Waals surface area contributed by atoms with Gasteiger partial charge in [0.15, 0.2) is 5.76 Å². The average molecular weight is 539 g/mol. The first kappa shape index (κ1) is 26.6. The number of aromatic nitrogens is 4. The Morgan fingerprint density at radius 2 is 1.76 bits per heavy atom. The minimum atomic E-state index is -4.26. The summed E-state index contributed by atoms with van der Waals surface area (Å²) in [6.45, 7) is 4.70. The molecule has 0 radical (unpaired) electrons. The van der Waals surface area contributed by atoms with Gasteiger partial charge in [-0.1, -0.05) is 6.07 Å². The molecule has 0 saturated carbocycles. The number of anilines is 1. The van der Waals surface area contributed by atoms with Gasteiger partial charge in [0.05, 0.1) is 31.2 Å². The van der Waals surface area contributed by atoms with Crippen LogP contribution in [0.15, 0.2) is 46.9 Å². The molecule has 13 heteroatoms. The summed E-state index contributed by atoms with van der Waals surface area (Å²) in [6, 6.07) is 13.4. The summed E-state index contributed by atoms with van der Waals surface area (Å²) < 4.78 is 47.6. The summed E-state index contributed by atoms with van der Waals surface area (Å²) in [4.78, 5) is 4.20. The van der Waals surface area contributed by atoms with Crippen LogP contribution in [0.5, 0.6) is 11.5 Å². The zero-order chi connectivity index (χ0) is 27.6. The summed E-state index contributed by atoms with van der Waals surface area (Å²) >= 11 is 0. The predicted molar refractivity (Wildman–Crippen MR) is 138 cm³/mol. The third kappa shape index (κ3) is 4.91. The van der Waals surface area contributed by atoms with Gasteiger partial charge in [-0.3, -0.25) is 14.3 Å². The highest BCUT2D eigenvalue weighted by Crippen LogP contribution is 2.38. The smallest absolute Gasteiger partial charge is 0.243 e. The minimum absolute atomic E-state index is 0.110. The molecule has 0 aliphatic rings. The lowest BCUT2D eigenvalue weighted by molar-refractivity contribution is 0.171. The largest absolute Gasteiger partial charge is 0.494 e. The van der Waals surface area contributed by atoms with E-state index >= 15 is 0 Å². The Bertz CT molecular complexity index is 1600. The number of aliphatic hydroxyl groups excluding tert-OH is 1. The van der Waals surface area contributed by atoms with Crippen molar-refractivity contribution in [2.24, 2.45) is 0 Å². The Hall–Kier alpha value is -4.41. The van der Waals surface area contributed by atoms with Gasteiger partial charge in [-0.05, 0) is 57.2 Å². The van der Waals surface area contributed by atoms with Crippen molar-refractivity contribution in [3.8, 4) is 34.8 Å². The highest BCUT2D eigenvalue weighted by Gasteiger charge is 2.33. The van der Waals surface area contributed by atoms with E-state index in [2.05, 4.69) is 19.9 Å². The number of sulfonamides is 1. The van der Waals surface area contributed by atoms with Crippen molar-refractivity contribution in [2.45, 2.75) is 32.1 Å². The SMILES string of the molecule is COc1cccc(OC)c1-n1c(NS(=O)(=O)[C@H](C)[C@H](O)c2ccc(C#N)c(C)n2)nnc1-c1ccc(C)o1. The number of nitrogens with one attached hydrogen (secondary N) is 1. The lowest BCUT2D eigenvalue weighted by Crippen LogP contribution is -2.32. The van der Waals surface area contributed by atoms with Gasteiger partial charge >= 0.3 is 0 Å². The van der Waals surface area contributed by atoms with E-state index < -0.39 is 21.4 Å². The van der Waals surface area contributed by atoms with Gasteiger partial charge < -0.3 is 19.0 Å². The molecule has 0 spiro atoms. The molecule has 0 fully saturated rings. The average Bonchev–Trinajstić information content (AvgIpc) is 3.52. The third-order valence-electron chi connectivity index (χ3n) is 5.95. The fourth-order valence-corrected chi connectivity index (χ4v) is 4.87. The van der Waals surface area contributed by atoms with Crippen molar-refractivity contribution < 1.29 is 27.4 Å². The highest BCUT2D eigenvalue weighted by atomic mass is 32.2. The standard InChI is InChI=1S/C25H26N6O6S/c1-14-9-12-21(37-14)24-28-29-25(31(24)22-19(35-4)7-6-8-20(22)36-5)30-38(33,34)16(3)23(32)18-11-10-17(13-26)15(2)27-18/h6-12,16,23,32H,1-5H3,(H,29,30)/t16-,23+/m1/s1. The molecule has 1 aromatic carbocycles. The maximum atomic E-state index is 13.4. The highest BCUT2D eigenvalue weighted by molar-refractivity contribution is 7.93. The zero-order valence-corrected chi connectivity index (χ0v) is 22.1. The van der Waals surface area contributed by atoms with Gasteiger partial charge in [0.2, 0.25) is 21.8 Å². The van der Waals surface area contributed by atoms with E-state index in [-0.39, 0.29) is 17.5 Å². The van der Waals surface area contributed by atoms with Gasteiger partial charge in [0.1, 0.15) is 40.4 Å². The van der Waals surface area contributed by atoms with E-state index in [4.69, 9.17) is 19.2 Å². The van der Waals surface area contributed by atoms with Crippen molar-refractivity contribution in [1.29, 1.82) is 5.26 Å². The molecule has 198 valence electrons. The molecule has 0 amide bonds. The number of hydrogen-bond acceptors (Lipinski definition) is 10. The molecule has 0 aliphatic heterocycles. The Balaban J connectivity index is 1.80. The lowest BCUT2D eigenvalue weighted by Gasteiger charge is -2.21. The van der Waals surface area contributed by atoms with Gasteiger partial charge in [-0.2, -0.15) is 5.26 Å². The molecule has 0 aliphatic carbocycles. The monoisotopic (exact) mass is 538 g/mol. The van der Waals surface area contributed by atoms with Crippen LogP contribution in [0.1, 0.15) is 35.7 Å². The van der Waals surface area contributed by atoms with Crippen LogP contribution in [0.3, 0.4) is 0 Å². The second kappa shape index (κ2) is 10.5. The maximum Gasteiger partial charge on any atom is 0.243 e. The van der Waals surface area contributed by atoms with Gasteiger partial charge in [-0.25, -0.2) is 8.42 Å². The van der Waals surface area contributed by atoms with Crippen molar-refractivity contribution in [3.05, 3.63) is 65.2 Å². The normalized spacial score (nSPS) is 13.0. The Labute approximate surface area is 219 Å². The van der Waals surface area contributed by atoms with E-state index in [1.54, 1.807) is 44.2 Å². The second-order valence-corrected chi connectivity index (χ2v) is 10.4. The first-order valence-electron chi connectivity index (χ1n) is 11.4. The van der Waals surface area contributed by atoms with Crippen LogP contribution in [-0.2, 0) is 10.0 Å². The van der Waals surface area contributed by atoms with Crippen molar-refractivity contribution >= 4 is 16.0 Å². The maximum absolute atomic E-state index is 13.4. The number of aryl methyl sites for hydroxylation is 2. The van der Waals surface area contributed by atoms with E-state index in [0.717, 1.165) is 0 Å². The molecule has 2 N–H and O–H groups in total. The number of para-hydroxylation sites is 1.